The summed E-state index contributed by atoms with van der Waals surface area (Å²) in [5.74, 6) is -0.224. The zero-order chi connectivity index (χ0) is 11.3. The van der Waals surface area contributed by atoms with Crippen LogP contribution in [0, 0.1) is 0 Å². The van der Waals surface area contributed by atoms with Gasteiger partial charge in [-0.1, -0.05) is 6.42 Å². The third-order valence-corrected chi connectivity index (χ3v) is 3.46. The van der Waals surface area contributed by atoms with Gasteiger partial charge < -0.3 is 20.5 Å². The Morgan fingerprint density at radius 2 is 2.06 bits per heavy atom. The summed E-state index contributed by atoms with van der Waals surface area (Å²) < 4.78 is 11.9. The van der Waals surface area contributed by atoms with Crippen molar-refractivity contribution in [2.45, 2.75) is 50.4 Å². The van der Waals surface area contributed by atoms with E-state index in [9.17, 15) is 0 Å². The molecule has 2 rings (SSSR count). The number of rotatable bonds is 5. The van der Waals surface area contributed by atoms with Crippen molar-refractivity contribution in [2.75, 3.05) is 26.2 Å². The first-order valence-corrected chi connectivity index (χ1v) is 6.57. The number of hydrogen-bond donors (Lipinski definition) is 2. The topological polar surface area (TPSA) is 56.5 Å². The van der Waals surface area contributed by atoms with E-state index in [0.29, 0.717) is 0 Å². The third kappa shape index (κ3) is 3.17. The lowest BCUT2D eigenvalue weighted by atomic mass is 9.94. The van der Waals surface area contributed by atoms with E-state index in [0.717, 1.165) is 45.5 Å². The molecular formula is C12H24N2O2. The van der Waals surface area contributed by atoms with Crippen molar-refractivity contribution >= 4 is 0 Å². The summed E-state index contributed by atoms with van der Waals surface area (Å²) in [5.41, 5.74) is 5.44. The van der Waals surface area contributed by atoms with Crippen LogP contribution < -0.4 is 11.1 Å². The highest BCUT2D eigenvalue weighted by atomic mass is 16.7. The lowest BCUT2D eigenvalue weighted by Gasteiger charge is -2.31. The molecule has 1 saturated carbocycles. The second-order valence-corrected chi connectivity index (χ2v) is 4.87. The largest absolute Gasteiger partial charge is 0.347 e. The van der Waals surface area contributed by atoms with Gasteiger partial charge in [0.2, 0.25) is 0 Å². The normalized spacial score (nSPS) is 28.7. The Labute approximate surface area is 97.9 Å². The van der Waals surface area contributed by atoms with E-state index in [1.165, 1.54) is 19.3 Å². The predicted octanol–water partition coefficient (Wildman–Crippen LogP) is 1.00. The van der Waals surface area contributed by atoms with Crippen LogP contribution in [0.4, 0.5) is 0 Å². The van der Waals surface area contributed by atoms with Crippen LogP contribution in [0.25, 0.3) is 0 Å². The van der Waals surface area contributed by atoms with Gasteiger partial charge in [0.25, 0.3) is 0 Å². The van der Waals surface area contributed by atoms with E-state index in [4.69, 9.17) is 15.2 Å². The van der Waals surface area contributed by atoms with Gasteiger partial charge in [-0.2, -0.15) is 0 Å². The average Bonchev–Trinajstić information content (AvgIpc) is 2.69. The van der Waals surface area contributed by atoms with Crippen molar-refractivity contribution in [2.24, 2.45) is 5.73 Å². The molecule has 0 amide bonds. The summed E-state index contributed by atoms with van der Waals surface area (Å²) in [4.78, 5) is 0. The molecule has 0 aromatic rings. The number of nitrogens with one attached hydrogen (secondary N) is 1. The minimum atomic E-state index is -0.224. The first-order chi connectivity index (χ1) is 7.85. The van der Waals surface area contributed by atoms with Crippen molar-refractivity contribution in [3.05, 3.63) is 0 Å². The van der Waals surface area contributed by atoms with Crippen molar-refractivity contribution in [3.63, 3.8) is 0 Å². The zero-order valence-corrected chi connectivity index (χ0v) is 10.0. The molecule has 0 aromatic heterocycles. The molecule has 94 valence electrons. The Kier molecular flexibility index (Phi) is 4.58. The lowest BCUT2D eigenvalue weighted by molar-refractivity contribution is -0.186. The zero-order valence-electron chi connectivity index (χ0n) is 10.0. The van der Waals surface area contributed by atoms with Crippen molar-refractivity contribution < 1.29 is 9.47 Å². The second kappa shape index (κ2) is 5.96. The minimum Gasteiger partial charge on any atom is -0.347 e. The van der Waals surface area contributed by atoms with Crippen LogP contribution in [0.1, 0.15) is 38.5 Å². The minimum absolute atomic E-state index is 0.224. The summed E-state index contributed by atoms with van der Waals surface area (Å²) in [6, 6.07) is 0. The van der Waals surface area contributed by atoms with Gasteiger partial charge in [-0.15, -0.1) is 0 Å². The molecule has 4 nitrogen and oxygen atoms in total. The molecule has 3 N–H and O–H groups in total. The first-order valence-electron chi connectivity index (χ1n) is 6.57. The van der Waals surface area contributed by atoms with E-state index in [-0.39, 0.29) is 11.9 Å². The Morgan fingerprint density at radius 1 is 1.25 bits per heavy atom. The van der Waals surface area contributed by atoms with E-state index < -0.39 is 0 Å². The summed E-state index contributed by atoms with van der Waals surface area (Å²) >= 11 is 0. The molecule has 1 atom stereocenters. The smallest absolute Gasteiger partial charge is 0.168 e. The average molecular weight is 228 g/mol. The summed E-state index contributed by atoms with van der Waals surface area (Å²) in [7, 11) is 0. The van der Waals surface area contributed by atoms with Crippen LogP contribution in [0.2, 0.25) is 0 Å². The summed E-state index contributed by atoms with van der Waals surface area (Å²) in [6.45, 7) is 3.36. The van der Waals surface area contributed by atoms with Crippen molar-refractivity contribution in [3.8, 4) is 0 Å². The van der Waals surface area contributed by atoms with Crippen LogP contribution in [0.3, 0.4) is 0 Å². The number of ether oxygens (including phenoxy) is 2. The van der Waals surface area contributed by atoms with Gasteiger partial charge >= 0.3 is 0 Å². The van der Waals surface area contributed by atoms with Crippen LogP contribution in [0.5, 0.6) is 0 Å². The van der Waals surface area contributed by atoms with Gasteiger partial charge in [0.15, 0.2) is 5.79 Å². The van der Waals surface area contributed by atoms with Gasteiger partial charge in [0.1, 0.15) is 0 Å². The van der Waals surface area contributed by atoms with E-state index >= 15 is 0 Å². The van der Waals surface area contributed by atoms with Crippen LogP contribution in [-0.2, 0) is 9.47 Å². The summed E-state index contributed by atoms with van der Waals surface area (Å²) in [6.07, 6.45) is 7.22. The molecule has 1 saturated heterocycles. The quantitative estimate of drug-likeness (QED) is 0.689. The molecule has 16 heavy (non-hydrogen) atoms. The standard InChI is InChI=1S/C12H24N2O2/c13-7-4-8-14-9-11-10-15-12(16-11)5-2-1-3-6-12/h11,14H,1-10,13H2. The van der Waals surface area contributed by atoms with Crippen LogP contribution in [-0.4, -0.2) is 38.1 Å². The van der Waals surface area contributed by atoms with E-state index in [1.807, 2.05) is 0 Å². The van der Waals surface area contributed by atoms with Crippen LogP contribution in [0.15, 0.2) is 0 Å². The van der Waals surface area contributed by atoms with Crippen molar-refractivity contribution in [1.82, 2.24) is 5.32 Å². The van der Waals surface area contributed by atoms with Gasteiger partial charge in [0.05, 0.1) is 12.7 Å². The molecular weight excluding hydrogens is 204 g/mol. The van der Waals surface area contributed by atoms with Gasteiger partial charge in [0, 0.05) is 19.4 Å². The highest BCUT2D eigenvalue weighted by molar-refractivity contribution is 4.83. The van der Waals surface area contributed by atoms with E-state index in [1.54, 1.807) is 0 Å². The Morgan fingerprint density at radius 3 is 2.81 bits per heavy atom. The molecule has 2 fully saturated rings. The molecule has 1 heterocycles. The molecule has 0 aromatic carbocycles. The second-order valence-electron chi connectivity index (χ2n) is 4.87. The van der Waals surface area contributed by atoms with E-state index in [2.05, 4.69) is 5.32 Å². The molecule has 0 radical (unpaired) electrons. The van der Waals surface area contributed by atoms with Crippen molar-refractivity contribution in [1.29, 1.82) is 0 Å². The fraction of sp³-hybridized carbons (Fsp3) is 1.00. The fourth-order valence-corrected chi connectivity index (χ4v) is 2.56. The number of hydrogen-bond acceptors (Lipinski definition) is 4. The predicted molar refractivity (Wildman–Crippen MR) is 63.2 cm³/mol. The number of nitrogens with two attached hydrogens (primary N) is 1. The first kappa shape index (κ1) is 12.3. The fourth-order valence-electron chi connectivity index (χ4n) is 2.56. The summed E-state index contributed by atoms with van der Waals surface area (Å²) in [5, 5.41) is 3.37. The SMILES string of the molecule is NCCCNCC1COC2(CCCCC2)O1. The molecule has 1 aliphatic heterocycles. The van der Waals surface area contributed by atoms with Gasteiger partial charge in [-0.05, 0) is 32.4 Å². The maximum atomic E-state index is 6.05. The molecule has 1 spiro atoms. The Hall–Kier alpha value is -0.160. The third-order valence-electron chi connectivity index (χ3n) is 3.46. The molecule has 0 bridgehead atoms. The highest BCUT2D eigenvalue weighted by Gasteiger charge is 2.41. The Balaban J connectivity index is 1.66. The molecule has 2 aliphatic rings. The molecule has 4 heteroatoms. The lowest BCUT2D eigenvalue weighted by Crippen LogP contribution is -2.35. The molecule has 1 aliphatic carbocycles. The monoisotopic (exact) mass is 228 g/mol. The molecule has 1 unspecified atom stereocenters. The maximum absolute atomic E-state index is 6.05. The van der Waals surface area contributed by atoms with Gasteiger partial charge in [-0.3, -0.25) is 0 Å². The highest BCUT2D eigenvalue weighted by Crippen LogP contribution is 2.37. The van der Waals surface area contributed by atoms with Gasteiger partial charge in [-0.25, -0.2) is 0 Å². The maximum Gasteiger partial charge on any atom is 0.168 e. The van der Waals surface area contributed by atoms with Crippen LogP contribution >= 0.6 is 0 Å². The Bertz CT molecular complexity index is 205.